The fraction of sp³-hybridized carbons (Fsp3) is 0.0833. The highest BCUT2D eigenvalue weighted by atomic mass is 35.5. The molecule has 1 heterocycles. The summed E-state index contributed by atoms with van der Waals surface area (Å²) in [6.07, 6.45) is 1.85. The number of aromatic nitrogens is 2. The number of hydrogen-bond acceptors (Lipinski definition) is 2. The fourth-order valence-electron chi connectivity index (χ4n) is 3.34. The molecule has 1 aromatic heterocycles. The average Bonchev–Trinajstić information content (AvgIpc) is 3.03. The molecule has 0 fully saturated rings. The van der Waals surface area contributed by atoms with Gasteiger partial charge in [0.05, 0.1) is 12.2 Å². The maximum Gasteiger partial charge on any atom is 0.202 e. The van der Waals surface area contributed by atoms with Crippen LogP contribution >= 0.6 is 11.6 Å². The molecule has 0 aliphatic rings. The predicted octanol–water partition coefficient (Wildman–Crippen LogP) is 5.18. The lowest BCUT2D eigenvalue weighted by Crippen LogP contribution is -2.25. The second-order valence-corrected chi connectivity index (χ2v) is 7.33. The Bertz CT molecular complexity index is 1200. The van der Waals surface area contributed by atoms with Crippen LogP contribution in [0.3, 0.4) is 0 Å². The van der Waals surface area contributed by atoms with Crippen molar-refractivity contribution in [2.45, 2.75) is 6.54 Å². The Balaban J connectivity index is 1.60. The Labute approximate surface area is 174 Å². The molecule has 1 N–H and O–H groups in total. The van der Waals surface area contributed by atoms with Gasteiger partial charge in [-0.25, -0.2) is 0 Å². The molecule has 0 radical (unpaired) electrons. The molecule has 0 aliphatic heterocycles. The van der Waals surface area contributed by atoms with Gasteiger partial charge in [0.25, 0.3) is 0 Å². The molecule has 0 saturated carbocycles. The molecule has 4 aromatic rings. The van der Waals surface area contributed by atoms with E-state index in [1.165, 1.54) is 0 Å². The van der Waals surface area contributed by atoms with Crippen molar-refractivity contribution in [2.75, 3.05) is 0 Å². The largest absolute Gasteiger partial charge is 0.314 e. The van der Waals surface area contributed by atoms with Gasteiger partial charge in [0.2, 0.25) is 5.62 Å². The van der Waals surface area contributed by atoms with Crippen molar-refractivity contribution in [3.05, 3.63) is 101 Å². The number of halogens is 1. The minimum Gasteiger partial charge on any atom is -0.314 e. The lowest BCUT2D eigenvalue weighted by atomic mass is 10.0. The van der Waals surface area contributed by atoms with Crippen molar-refractivity contribution >= 4 is 17.4 Å². The van der Waals surface area contributed by atoms with Gasteiger partial charge in [0.1, 0.15) is 0 Å². The van der Waals surface area contributed by atoms with E-state index < -0.39 is 0 Å². The summed E-state index contributed by atoms with van der Waals surface area (Å²) in [7, 11) is 1.84. The molecule has 0 amide bonds. The van der Waals surface area contributed by atoms with E-state index in [0.717, 1.165) is 22.4 Å². The molecule has 4 nitrogen and oxygen atoms in total. The van der Waals surface area contributed by atoms with Gasteiger partial charge in [-0.05, 0) is 41.0 Å². The number of imidazole rings is 1. The fourth-order valence-corrected chi connectivity index (χ4v) is 3.46. The number of rotatable bonds is 5. The molecule has 3 aromatic carbocycles. The first-order chi connectivity index (χ1) is 14.0. The van der Waals surface area contributed by atoms with Crippen LogP contribution < -0.4 is 5.62 Å². The molecule has 0 aliphatic carbocycles. The summed E-state index contributed by atoms with van der Waals surface area (Å²) < 4.78 is 3.45. The maximum atomic E-state index is 12.6. The summed E-state index contributed by atoms with van der Waals surface area (Å²) in [4.78, 5) is 12.6. The molecule has 0 unspecified atom stereocenters. The Hall–Kier alpha value is -3.37. The zero-order chi connectivity index (χ0) is 20.4. The summed E-state index contributed by atoms with van der Waals surface area (Å²) in [6.45, 7) is 0.108. The number of carbonyl (C=O) groups excluding carboxylic acids is 1. The normalized spacial score (nSPS) is 10.8. The van der Waals surface area contributed by atoms with Crippen LogP contribution in [0.5, 0.6) is 0 Å². The number of Topliss-reactive ketones (excluding diaryl/α,β-unsaturated/α-hetero) is 1. The van der Waals surface area contributed by atoms with Crippen molar-refractivity contribution in [1.29, 1.82) is 5.41 Å². The SMILES string of the molecule is Cn1c(-c2ccc(-c3ccccc3)cc2)cn(CC(=O)c2ccc(Cl)cc2)c1=N. The van der Waals surface area contributed by atoms with Gasteiger partial charge in [-0.2, -0.15) is 0 Å². The summed E-state index contributed by atoms with van der Waals surface area (Å²) in [5, 5.41) is 8.98. The first-order valence-electron chi connectivity index (χ1n) is 9.28. The zero-order valence-corrected chi connectivity index (χ0v) is 16.7. The zero-order valence-electron chi connectivity index (χ0n) is 16.0. The number of nitrogens with zero attached hydrogens (tertiary/aromatic N) is 2. The molecule has 0 saturated heterocycles. The highest BCUT2D eigenvalue weighted by Gasteiger charge is 2.12. The molecular formula is C24H20ClN3O. The van der Waals surface area contributed by atoms with E-state index in [9.17, 15) is 4.79 Å². The van der Waals surface area contributed by atoms with Crippen molar-refractivity contribution in [1.82, 2.24) is 9.13 Å². The van der Waals surface area contributed by atoms with Crippen LogP contribution in [-0.4, -0.2) is 14.9 Å². The number of nitrogens with one attached hydrogen (secondary N) is 1. The van der Waals surface area contributed by atoms with Crippen LogP contribution in [0.2, 0.25) is 5.02 Å². The quantitative estimate of drug-likeness (QED) is 0.460. The molecule has 0 spiro atoms. The van der Waals surface area contributed by atoms with Crippen LogP contribution in [0.4, 0.5) is 0 Å². The maximum absolute atomic E-state index is 12.6. The van der Waals surface area contributed by atoms with Crippen LogP contribution in [0.25, 0.3) is 22.4 Å². The van der Waals surface area contributed by atoms with Crippen molar-refractivity contribution in [3.8, 4) is 22.4 Å². The molecule has 0 atom stereocenters. The first kappa shape index (κ1) is 19.0. The van der Waals surface area contributed by atoms with Gasteiger partial charge >= 0.3 is 0 Å². The Morgan fingerprint density at radius 1 is 0.862 bits per heavy atom. The number of hydrogen-bond donors (Lipinski definition) is 1. The predicted molar refractivity (Wildman–Crippen MR) is 116 cm³/mol. The second-order valence-electron chi connectivity index (χ2n) is 6.90. The van der Waals surface area contributed by atoms with Crippen LogP contribution in [0.15, 0.2) is 85.1 Å². The van der Waals surface area contributed by atoms with Crippen molar-refractivity contribution in [2.24, 2.45) is 7.05 Å². The molecular weight excluding hydrogens is 382 g/mol. The monoisotopic (exact) mass is 401 g/mol. The van der Waals surface area contributed by atoms with E-state index >= 15 is 0 Å². The third-order valence-electron chi connectivity index (χ3n) is 5.00. The standard InChI is InChI=1S/C24H20ClN3O/c1-27-22(19-9-7-18(8-10-19)17-5-3-2-4-6-17)15-28(24(27)26)16-23(29)20-11-13-21(25)14-12-20/h2-15,26H,16H2,1H3. The summed E-state index contributed by atoms with van der Waals surface area (Å²) in [5.41, 5.74) is 5.04. The molecule has 0 bridgehead atoms. The van der Waals surface area contributed by atoms with Crippen LogP contribution in [0.1, 0.15) is 10.4 Å². The smallest absolute Gasteiger partial charge is 0.202 e. The Morgan fingerprint density at radius 3 is 2.10 bits per heavy atom. The van der Waals surface area contributed by atoms with Crippen molar-refractivity contribution in [3.63, 3.8) is 0 Å². The summed E-state index contributed by atoms with van der Waals surface area (Å²) >= 11 is 5.89. The van der Waals surface area contributed by atoms with Crippen LogP contribution in [-0.2, 0) is 13.6 Å². The molecule has 29 heavy (non-hydrogen) atoms. The van der Waals surface area contributed by atoms with Gasteiger partial charge in [0.15, 0.2) is 5.78 Å². The van der Waals surface area contributed by atoms with Gasteiger partial charge in [-0.3, -0.25) is 10.2 Å². The summed E-state index contributed by atoms with van der Waals surface area (Å²) in [5.74, 6) is -0.0586. The lowest BCUT2D eigenvalue weighted by Gasteiger charge is -2.05. The highest BCUT2D eigenvalue weighted by Crippen LogP contribution is 2.24. The van der Waals surface area contributed by atoms with E-state index in [1.54, 1.807) is 33.4 Å². The van der Waals surface area contributed by atoms with E-state index in [0.29, 0.717) is 10.6 Å². The third kappa shape index (κ3) is 3.93. The molecule has 5 heteroatoms. The van der Waals surface area contributed by atoms with Gasteiger partial charge in [-0.1, -0.05) is 66.2 Å². The highest BCUT2D eigenvalue weighted by molar-refractivity contribution is 6.30. The van der Waals surface area contributed by atoms with E-state index in [2.05, 4.69) is 24.3 Å². The number of ketones is 1. The topological polar surface area (TPSA) is 50.8 Å². The molecule has 4 rings (SSSR count). The third-order valence-corrected chi connectivity index (χ3v) is 5.25. The first-order valence-corrected chi connectivity index (χ1v) is 9.66. The van der Waals surface area contributed by atoms with Gasteiger partial charge < -0.3 is 9.13 Å². The Kier molecular flexibility index (Phi) is 5.19. The second kappa shape index (κ2) is 7.94. The van der Waals surface area contributed by atoms with E-state index in [1.807, 2.05) is 43.6 Å². The van der Waals surface area contributed by atoms with Gasteiger partial charge in [-0.15, -0.1) is 0 Å². The van der Waals surface area contributed by atoms with Crippen LogP contribution in [0, 0.1) is 5.41 Å². The van der Waals surface area contributed by atoms with Crippen molar-refractivity contribution < 1.29 is 4.79 Å². The van der Waals surface area contributed by atoms with E-state index in [-0.39, 0.29) is 17.9 Å². The number of benzene rings is 3. The Morgan fingerprint density at radius 2 is 1.45 bits per heavy atom. The van der Waals surface area contributed by atoms with Gasteiger partial charge in [0, 0.05) is 23.8 Å². The summed E-state index contributed by atoms with van der Waals surface area (Å²) in [6, 6.07) is 25.3. The van der Waals surface area contributed by atoms with E-state index in [4.69, 9.17) is 17.0 Å². The average molecular weight is 402 g/mol. The minimum atomic E-state index is -0.0586. The minimum absolute atomic E-state index is 0.0586. The lowest BCUT2D eigenvalue weighted by molar-refractivity contribution is 0.0970. The molecule has 144 valence electrons. The number of carbonyl (C=O) groups is 1.